The Bertz CT molecular complexity index is 1170. The lowest BCUT2D eigenvalue weighted by molar-refractivity contribution is -0.274. The maximum absolute atomic E-state index is 13.1. The number of amides is 2. The first-order chi connectivity index (χ1) is 14.8. The van der Waals surface area contributed by atoms with Gasteiger partial charge in [0.1, 0.15) is 5.75 Å². The van der Waals surface area contributed by atoms with Gasteiger partial charge in [0.05, 0.1) is 18.2 Å². The minimum absolute atomic E-state index is 0.0369. The van der Waals surface area contributed by atoms with E-state index in [4.69, 9.17) is 0 Å². The second kappa shape index (κ2) is 7.12. The van der Waals surface area contributed by atoms with Crippen LogP contribution in [0.4, 0.5) is 18.9 Å². The van der Waals surface area contributed by atoms with Gasteiger partial charge in [0.2, 0.25) is 5.91 Å². The summed E-state index contributed by atoms with van der Waals surface area (Å²) in [4.78, 5) is 32.1. The number of ether oxygens (including phenoxy) is 1. The fourth-order valence-electron chi connectivity index (χ4n) is 4.45. The Morgan fingerprint density at radius 2 is 1.77 bits per heavy atom. The number of aromatic amines is 1. The summed E-state index contributed by atoms with van der Waals surface area (Å²) in [5, 5.41) is 1.17. The van der Waals surface area contributed by atoms with Crippen LogP contribution in [0.15, 0.2) is 48.5 Å². The number of carbonyl (C=O) groups excluding carboxylic acids is 2. The van der Waals surface area contributed by atoms with Crippen LogP contribution >= 0.6 is 0 Å². The van der Waals surface area contributed by atoms with Crippen molar-refractivity contribution in [2.75, 3.05) is 11.4 Å². The average molecular weight is 429 g/mol. The minimum Gasteiger partial charge on any atom is -0.406 e. The average Bonchev–Trinajstić information content (AvgIpc) is 3.24. The molecule has 0 saturated carbocycles. The van der Waals surface area contributed by atoms with Crippen molar-refractivity contribution in [3.8, 4) is 5.75 Å². The first-order valence-electron chi connectivity index (χ1n) is 9.85. The zero-order chi connectivity index (χ0) is 21.8. The molecule has 2 aromatic carbocycles. The lowest BCUT2D eigenvalue weighted by atomic mass is 10.0. The molecule has 0 spiro atoms. The number of imide groups is 1. The number of halogens is 3. The van der Waals surface area contributed by atoms with Gasteiger partial charge in [0.15, 0.2) is 0 Å². The number of aromatic nitrogens is 1. The lowest BCUT2D eigenvalue weighted by Gasteiger charge is -2.30. The number of carbonyl (C=O) groups is 2. The van der Waals surface area contributed by atoms with E-state index in [1.54, 1.807) is 0 Å². The van der Waals surface area contributed by atoms with Crippen molar-refractivity contribution >= 4 is 28.4 Å². The number of hydrogen-bond donors (Lipinski definition) is 1. The van der Waals surface area contributed by atoms with Crippen LogP contribution in [-0.4, -0.2) is 40.6 Å². The van der Waals surface area contributed by atoms with Crippen LogP contribution in [0.1, 0.15) is 17.7 Å². The molecular weight excluding hydrogens is 411 g/mol. The standard InChI is InChI=1S/C22H18F3N3O3/c23-22(24,25)31-14-7-5-13(6-8-14)28-20(29)11-19(21(28)30)27-10-9-16-15-3-1-2-4-17(15)26-18(16)12-27/h1-8,19,26H,9-12H2. The van der Waals surface area contributed by atoms with E-state index >= 15 is 0 Å². The summed E-state index contributed by atoms with van der Waals surface area (Å²) in [6.45, 7) is 1.17. The fourth-order valence-corrected chi connectivity index (χ4v) is 4.45. The summed E-state index contributed by atoms with van der Waals surface area (Å²) in [6.07, 6.45) is -4.00. The molecule has 3 heterocycles. The lowest BCUT2D eigenvalue weighted by Crippen LogP contribution is -2.44. The summed E-state index contributed by atoms with van der Waals surface area (Å²) in [7, 11) is 0. The van der Waals surface area contributed by atoms with Crippen molar-refractivity contribution in [2.24, 2.45) is 0 Å². The van der Waals surface area contributed by atoms with Gasteiger partial charge in [-0.25, -0.2) is 4.90 Å². The molecular formula is C22H18F3N3O3. The number of alkyl halides is 3. The zero-order valence-electron chi connectivity index (χ0n) is 16.3. The normalized spacial score (nSPS) is 19.8. The van der Waals surface area contributed by atoms with Gasteiger partial charge in [0, 0.05) is 29.7 Å². The van der Waals surface area contributed by atoms with Crippen molar-refractivity contribution in [3.63, 3.8) is 0 Å². The highest BCUT2D eigenvalue weighted by Crippen LogP contribution is 2.33. The molecule has 1 N–H and O–H groups in total. The first kappa shape index (κ1) is 19.6. The molecule has 0 radical (unpaired) electrons. The predicted molar refractivity (Wildman–Crippen MR) is 106 cm³/mol. The molecule has 1 unspecified atom stereocenters. The summed E-state index contributed by atoms with van der Waals surface area (Å²) < 4.78 is 40.9. The van der Waals surface area contributed by atoms with E-state index in [0.717, 1.165) is 34.7 Å². The van der Waals surface area contributed by atoms with Crippen LogP contribution in [0.3, 0.4) is 0 Å². The molecule has 6 nitrogen and oxygen atoms in total. The molecule has 0 bridgehead atoms. The van der Waals surface area contributed by atoms with Crippen LogP contribution in [-0.2, 0) is 22.6 Å². The molecule has 160 valence electrons. The van der Waals surface area contributed by atoms with Crippen LogP contribution in [0, 0.1) is 0 Å². The monoisotopic (exact) mass is 429 g/mol. The summed E-state index contributed by atoms with van der Waals surface area (Å²) in [5.41, 5.74) is 3.56. The van der Waals surface area contributed by atoms with E-state index in [9.17, 15) is 22.8 Å². The number of nitrogens with zero attached hydrogens (tertiary/aromatic N) is 2. The molecule has 1 fully saturated rings. The van der Waals surface area contributed by atoms with Crippen LogP contribution < -0.4 is 9.64 Å². The molecule has 1 atom stereocenters. The summed E-state index contributed by atoms with van der Waals surface area (Å²) in [6, 6.07) is 12.2. The van der Waals surface area contributed by atoms with Crippen LogP contribution in [0.25, 0.3) is 10.9 Å². The number of H-pyrrole nitrogens is 1. The van der Waals surface area contributed by atoms with Gasteiger partial charge in [-0.3, -0.25) is 14.5 Å². The van der Waals surface area contributed by atoms with Gasteiger partial charge in [0.25, 0.3) is 5.91 Å². The van der Waals surface area contributed by atoms with Gasteiger partial charge >= 0.3 is 6.36 Å². The molecule has 1 saturated heterocycles. The van der Waals surface area contributed by atoms with Crippen molar-refractivity contribution < 1.29 is 27.5 Å². The van der Waals surface area contributed by atoms with Crippen molar-refractivity contribution in [2.45, 2.75) is 31.8 Å². The number of hydrogen-bond acceptors (Lipinski definition) is 4. The molecule has 3 aromatic rings. The Morgan fingerprint density at radius 3 is 2.52 bits per heavy atom. The first-order valence-corrected chi connectivity index (χ1v) is 9.85. The second-order valence-corrected chi connectivity index (χ2v) is 7.68. The van der Waals surface area contributed by atoms with Gasteiger partial charge in [-0.2, -0.15) is 0 Å². The number of rotatable bonds is 3. The summed E-state index contributed by atoms with van der Waals surface area (Å²) >= 11 is 0. The molecule has 5 rings (SSSR count). The molecule has 31 heavy (non-hydrogen) atoms. The number of nitrogens with one attached hydrogen (secondary N) is 1. The van der Waals surface area contributed by atoms with Gasteiger partial charge < -0.3 is 9.72 Å². The highest BCUT2D eigenvalue weighted by atomic mass is 19.4. The molecule has 2 aliphatic rings. The topological polar surface area (TPSA) is 65.6 Å². The number of fused-ring (bicyclic) bond motifs is 3. The third-order valence-electron chi connectivity index (χ3n) is 5.80. The molecule has 1 aromatic heterocycles. The maximum Gasteiger partial charge on any atom is 0.573 e. The van der Waals surface area contributed by atoms with Gasteiger partial charge in [-0.15, -0.1) is 13.2 Å². The van der Waals surface area contributed by atoms with Crippen molar-refractivity contribution in [1.29, 1.82) is 0 Å². The Balaban J connectivity index is 1.34. The fraction of sp³-hybridized carbons (Fsp3) is 0.273. The number of para-hydroxylation sites is 1. The Hall–Kier alpha value is -3.33. The molecule has 2 amide bonds. The zero-order valence-corrected chi connectivity index (χ0v) is 16.3. The third kappa shape index (κ3) is 3.54. The van der Waals surface area contributed by atoms with Crippen LogP contribution in [0.2, 0.25) is 0 Å². The van der Waals surface area contributed by atoms with E-state index in [2.05, 4.69) is 15.8 Å². The van der Waals surface area contributed by atoms with E-state index in [1.165, 1.54) is 23.1 Å². The number of anilines is 1. The van der Waals surface area contributed by atoms with Gasteiger partial charge in [-0.1, -0.05) is 18.2 Å². The quantitative estimate of drug-likeness (QED) is 0.644. The highest BCUT2D eigenvalue weighted by molar-refractivity contribution is 6.22. The Kier molecular flexibility index (Phi) is 4.51. The van der Waals surface area contributed by atoms with E-state index in [-0.39, 0.29) is 23.9 Å². The van der Waals surface area contributed by atoms with Crippen molar-refractivity contribution in [3.05, 3.63) is 59.8 Å². The Morgan fingerprint density at radius 1 is 1.03 bits per heavy atom. The highest BCUT2D eigenvalue weighted by Gasteiger charge is 2.43. The molecule has 2 aliphatic heterocycles. The largest absolute Gasteiger partial charge is 0.573 e. The number of benzene rings is 2. The molecule has 9 heteroatoms. The Labute approximate surface area is 175 Å². The molecule has 0 aliphatic carbocycles. The van der Waals surface area contributed by atoms with E-state index in [1.807, 2.05) is 23.1 Å². The van der Waals surface area contributed by atoms with Gasteiger partial charge in [-0.05, 0) is 42.3 Å². The maximum atomic E-state index is 13.1. The van der Waals surface area contributed by atoms with E-state index in [0.29, 0.717) is 13.1 Å². The third-order valence-corrected chi connectivity index (χ3v) is 5.80. The minimum atomic E-state index is -4.80. The van der Waals surface area contributed by atoms with E-state index < -0.39 is 18.2 Å². The second-order valence-electron chi connectivity index (χ2n) is 7.68. The van der Waals surface area contributed by atoms with Crippen molar-refractivity contribution in [1.82, 2.24) is 9.88 Å². The predicted octanol–water partition coefficient (Wildman–Crippen LogP) is 3.76. The smallest absolute Gasteiger partial charge is 0.406 e. The SMILES string of the molecule is O=C1CC(N2CCc3c([nH]c4ccccc34)C2)C(=O)N1c1ccc(OC(F)(F)F)cc1. The summed E-state index contributed by atoms with van der Waals surface area (Å²) in [5.74, 6) is -1.15. The van der Waals surface area contributed by atoms with Crippen LogP contribution in [0.5, 0.6) is 5.75 Å².